The van der Waals surface area contributed by atoms with Gasteiger partial charge in [0.05, 0.1) is 0 Å². The lowest BCUT2D eigenvalue weighted by Crippen LogP contribution is -2.23. The number of nitrogens with zero attached hydrogens (tertiary/aromatic N) is 1. The maximum atomic E-state index is 13.1. The fourth-order valence-electron chi connectivity index (χ4n) is 3.85. The number of nitrogens with one attached hydrogen (secondary N) is 3. The third-order valence-corrected chi connectivity index (χ3v) is 5.44. The van der Waals surface area contributed by atoms with Crippen LogP contribution >= 0.6 is 0 Å². The zero-order valence-corrected chi connectivity index (χ0v) is 17.1. The van der Waals surface area contributed by atoms with Gasteiger partial charge < -0.3 is 15.4 Å². The molecule has 3 N–H and O–H groups in total. The number of para-hydroxylation sites is 1. The van der Waals surface area contributed by atoms with E-state index in [1.807, 2.05) is 54.6 Å². The highest BCUT2D eigenvalue weighted by Crippen LogP contribution is 2.41. The number of hydrogen-bond donors (Lipinski definition) is 3. The molecule has 160 valence electrons. The van der Waals surface area contributed by atoms with Crippen LogP contribution in [0.3, 0.4) is 0 Å². The number of rotatable bonds is 6. The zero-order chi connectivity index (χ0) is 21.9. The molecule has 1 aromatic heterocycles. The predicted octanol–water partition coefficient (Wildman–Crippen LogP) is 5.35. The van der Waals surface area contributed by atoms with E-state index >= 15 is 0 Å². The van der Waals surface area contributed by atoms with Crippen LogP contribution in [0.5, 0.6) is 5.75 Å². The van der Waals surface area contributed by atoms with Gasteiger partial charge in [-0.2, -0.15) is 5.10 Å². The van der Waals surface area contributed by atoms with Crippen molar-refractivity contribution in [1.82, 2.24) is 10.2 Å². The molecule has 7 heteroatoms. The van der Waals surface area contributed by atoms with Gasteiger partial charge in [-0.25, -0.2) is 4.39 Å². The molecule has 0 saturated heterocycles. The van der Waals surface area contributed by atoms with Gasteiger partial charge in [0, 0.05) is 23.6 Å². The first-order chi connectivity index (χ1) is 15.7. The molecule has 0 unspecified atom stereocenters. The molecule has 1 aliphatic rings. The van der Waals surface area contributed by atoms with E-state index < -0.39 is 0 Å². The van der Waals surface area contributed by atoms with Gasteiger partial charge in [-0.3, -0.25) is 9.89 Å². The fourth-order valence-corrected chi connectivity index (χ4v) is 3.85. The van der Waals surface area contributed by atoms with Crippen molar-refractivity contribution in [3.63, 3.8) is 0 Å². The number of hydrogen-bond acceptors (Lipinski definition) is 4. The summed E-state index contributed by atoms with van der Waals surface area (Å²) in [6, 6.07) is 23.7. The predicted molar refractivity (Wildman–Crippen MR) is 121 cm³/mol. The molecule has 6 nitrogen and oxygen atoms in total. The van der Waals surface area contributed by atoms with Crippen molar-refractivity contribution in [1.29, 1.82) is 0 Å². The number of ether oxygens (including phenoxy) is 1. The highest BCUT2D eigenvalue weighted by molar-refractivity contribution is 5.95. The minimum atomic E-state index is -0.269. The summed E-state index contributed by atoms with van der Waals surface area (Å²) in [4.78, 5) is 12.3. The minimum Gasteiger partial charge on any atom is -0.489 e. The molecule has 0 saturated carbocycles. The quantitative estimate of drug-likeness (QED) is 0.387. The first kappa shape index (κ1) is 19.8. The Morgan fingerprint density at radius 3 is 2.50 bits per heavy atom. The standard InChI is InChI=1S/C25H21FN4O2/c26-18-10-6-16(7-11-18)15-32-20-12-8-17(9-13-20)21-14-22(31)28-25-23(21)24(29-30-25)27-19-4-2-1-3-5-19/h1-13,21H,14-15H2,(H3,27,28,29,30,31)/t21-/m1/s1. The lowest BCUT2D eigenvalue weighted by Gasteiger charge is -2.23. The Morgan fingerprint density at radius 2 is 1.75 bits per heavy atom. The summed E-state index contributed by atoms with van der Waals surface area (Å²) in [6.45, 7) is 0.350. The summed E-state index contributed by atoms with van der Waals surface area (Å²) in [6.07, 6.45) is 0.325. The van der Waals surface area contributed by atoms with Crippen molar-refractivity contribution in [3.05, 3.63) is 101 Å². The third kappa shape index (κ3) is 4.18. The number of halogens is 1. The molecule has 2 heterocycles. The van der Waals surface area contributed by atoms with Crippen molar-refractivity contribution in [2.75, 3.05) is 10.6 Å². The second-order valence-corrected chi connectivity index (χ2v) is 7.64. The number of aromatic amines is 1. The van der Waals surface area contributed by atoms with E-state index in [9.17, 15) is 9.18 Å². The van der Waals surface area contributed by atoms with Crippen molar-refractivity contribution in [3.8, 4) is 5.75 Å². The Kier molecular flexibility index (Phi) is 5.29. The van der Waals surface area contributed by atoms with Gasteiger partial charge in [0.1, 0.15) is 24.0 Å². The maximum absolute atomic E-state index is 13.1. The molecule has 0 fully saturated rings. The van der Waals surface area contributed by atoms with Gasteiger partial charge in [0.2, 0.25) is 5.91 Å². The number of carbonyl (C=O) groups is 1. The largest absolute Gasteiger partial charge is 0.489 e. The molecule has 5 rings (SSSR count). The lowest BCUT2D eigenvalue weighted by atomic mass is 9.86. The molecule has 0 aliphatic carbocycles. The van der Waals surface area contributed by atoms with Gasteiger partial charge in [0.25, 0.3) is 0 Å². The fraction of sp³-hybridized carbons (Fsp3) is 0.120. The van der Waals surface area contributed by atoms with Crippen molar-refractivity contribution in [2.24, 2.45) is 0 Å². The highest BCUT2D eigenvalue weighted by atomic mass is 19.1. The van der Waals surface area contributed by atoms with Crippen LogP contribution in [-0.4, -0.2) is 16.1 Å². The second-order valence-electron chi connectivity index (χ2n) is 7.64. The molecule has 3 aromatic carbocycles. The van der Waals surface area contributed by atoms with Crippen LogP contribution in [0.15, 0.2) is 78.9 Å². The van der Waals surface area contributed by atoms with Crippen molar-refractivity contribution < 1.29 is 13.9 Å². The molecular weight excluding hydrogens is 407 g/mol. The van der Waals surface area contributed by atoms with Gasteiger partial charge in [-0.05, 0) is 47.5 Å². The molecule has 32 heavy (non-hydrogen) atoms. The Bertz CT molecular complexity index is 1220. The van der Waals surface area contributed by atoms with E-state index in [0.29, 0.717) is 24.6 Å². The number of carbonyl (C=O) groups excluding carboxylic acids is 1. The first-order valence-electron chi connectivity index (χ1n) is 10.3. The highest BCUT2D eigenvalue weighted by Gasteiger charge is 2.31. The SMILES string of the molecule is O=C1C[C@H](c2ccc(OCc3ccc(F)cc3)cc2)c2c(n[nH]c2Nc2ccccc2)N1. The van der Waals surface area contributed by atoms with E-state index in [1.54, 1.807) is 12.1 Å². The first-order valence-corrected chi connectivity index (χ1v) is 10.3. The monoisotopic (exact) mass is 428 g/mol. The van der Waals surface area contributed by atoms with Gasteiger partial charge in [-0.1, -0.05) is 42.5 Å². The lowest BCUT2D eigenvalue weighted by molar-refractivity contribution is -0.116. The molecule has 4 aromatic rings. The van der Waals surface area contributed by atoms with Crippen LogP contribution in [0, 0.1) is 5.82 Å². The summed E-state index contributed by atoms with van der Waals surface area (Å²) in [7, 11) is 0. The number of benzene rings is 3. The van der Waals surface area contributed by atoms with E-state index in [1.165, 1.54) is 12.1 Å². The topological polar surface area (TPSA) is 79.0 Å². The molecule has 1 amide bonds. The Hall–Kier alpha value is -4.13. The Balaban J connectivity index is 1.36. The average Bonchev–Trinajstić information content (AvgIpc) is 3.21. The number of anilines is 3. The van der Waals surface area contributed by atoms with Crippen molar-refractivity contribution >= 4 is 23.2 Å². The second kappa shape index (κ2) is 8.55. The zero-order valence-electron chi connectivity index (χ0n) is 17.1. The number of fused-ring (bicyclic) bond motifs is 1. The number of aromatic nitrogens is 2. The smallest absolute Gasteiger partial charge is 0.226 e. The molecule has 1 aliphatic heterocycles. The summed E-state index contributed by atoms with van der Waals surface area (Å²) < 4.78 is 18.9. The van der Waals surface area contributed by atoms with E-state index in [2.05, 4.69) is 20.8 Å². The Labute approximate surface area is 184 Å². The molecule has 1 atom stereocenters. The molecule has 0 radical (unpaired) electrons. The molecule has 0 spiro atoms. The Morgan fingerprint density at radius 1 is 1.00 bits per heavy atom. The van der Waals surface area contributed by atoms with Crippen molar-refractivity contribution in [2.45, 2.75) is 18.9 Å². The van der Waals surface area contributed by atoms with Gasteiger partial charge in [-0.15, -0.1) is 0 Å². The van der Waals surface area contributed by atoms with E-state index in [0.717, 1.165) is 28.2 Å². The summed E-state index contributed by atoms with van der Waals surface area (Å²) in [5, 5.41) is 13.5. The minimum absolute atomic E-state index is 0.0723. The van der Waals surface area contributed by atoms with Crippen LogP contribution in [0.25, 0.3) is 0 Å². The average molecular weight is 428 g/mol. The van der Waals surface area contributed by atoms with Crippen LogP contribution in [0.4, 0.5) is 21.7 Å². The summed E-state index contributed by atoms with van der Waals surface area (Å²) in [5.74, 6) is 1.52. The maximum Gasteiger partial charge on any atom is 0.226 e. The van der Waals surface area contributed by atoms with Crippen LogP contribution in [0.2, 0.25) is 0 Å². The van der Waals surface area contributed by atoms with Crippen LogP contribution < -0.4 is 15.4 Å². The van der Waals surface area contributed by atoms with Gasteiger partial charge in [0.15, 0.2) is 5.82 Å². The molecular formula is C25H21FN4O2. The van der Waals surface area contributed by atoms with E-state index in [-0.39, 0.29) is 17.6 Å². The van der Waals surface area contributed by atoms with Gasteiger partial charge >= 0.3 is 0 Å². The third-order valence-electron chi connectivity index (χ3n) is 5.44. The van der Waals surface area contributed by atoms with E-state index in [4.69, 9.17) is 4.74 Å². The number of H-pyrrole nitrogens is 1. The summed E-state index contributed by atoms with van der Waals surface area (Å²) in [5.41, 5.74) is 3.74. The molecule has 0 bridgehead atoms. The van der Waals surface area contributed by atoms with Crippen LogP contribution in [-0.2, 0) is 11.4 Å². The number of amides is 1. The normalized spacial score (nSPS) is 15.0. The summed E-state index contributed by atoms with van der Waals surface area (Å²) >= 11 is 0. The van der Waals surface area contributed by atoms with Crippen LogP contribution in [0.1, 0.15) is 29.0 Å².